The average Bonchev–Trinajstić information content (AvgIpc) is 3.21. The van der Waals surface area contributed by atoms with Gasteiger partial charge in [0.05, 0.1) is 11.5 Å². The number of hydrogen-bond acceptors (Lipinski definition) is 4. The van der Waals surface area contributed by atoms with E-state index >= 15 is 0 Å². The van der Waals surface area contributed by atoms with E-state index in [1.54, 1.807) is 6.20 Å². The summed E-state index contributed by atoms with van der Waals surface area (Å²) in [6.07, 6.45) is 7.55. The number of nitrogens with zero attached hydrogens (tertiary/aromatic N) is 2. The van der Waals surface area contributed by atoms with Gasteiger partial charge in [0, 0.05) is 23.2 Å². The summed E-state index contributed by atoms with van der Waals surface area (Å²) in [7, 11) is 0. The van der Waals surface area contributed by atoms with Crippen molar-refractivity contribution in [1.29, 1.82) is 0 Å². The second-order valence-corrected chi connectivity index (χ2v) is 8.84. The third-order valence-electron chi connectivity index (χ3n) is 6.41. The Balaban J connectivity index is 1.86. The molecule has 1 aliphatic carbocycles. The zero-order valence-electron chi connectivity index (χ0n) is 16.5. The van der Waals surface area contributed by atoms with Crippen molar-refractivity contribution < 1.29 is 9.59 Å². The highest BCUT2D eigenvalue weighted by molar-refractivity contribution is 7.13. The number of nitrogens with one attached hydrogen (secondary N) is 1. The third kappa shape index (κ3) is 3.04. The number of benzene rings is 1. The van der Waals surface area contributed by atoms with Gasteiger partial charge in [-0.3, -0.25) is 9.59 Å². The lowest BCUT2D eigenvalue weighted by Gasteiger charge is -2.55. The summed E-state index contributed by atoms with van der Waals surface area (Å²) in [5.74, 6) is -0.352. The van der Waals surface area contributed by atoms with Crippen LogP contribution in [0.1, 0.15) is 74.2 Å². The normalized spacial score (nSPS) is 22.0. The largest absolute Gasteiger partial charge is 0.329 e. The number of thiazole rings is 1. The molecule has 0 saturated heterocycles. The molecule has 1 aliphatic heterocycles. The van der Waals surface area contributed by atoms with E-state index in [1.807, 2.05) is 29.6 Å². The molecule has 2 aromatic rings. The maximum atomic E-state index is 13.6. The van der Waals surface area contributed by atoms with E-state index in [0.717, 1.165) is 44.1 Å². The predicted octanol–water partition coefficient (Wildman–Crippen LogP) is 4.82. The number of amides is 2. The topological polar surface area (TPSA) is 62.3 Å². The van der Waals surface area contributed by atoms with E-state index in [4.69, 9.17) is 0 Å². The smallest absolute Gasteiger partial charge is 0.254 e. The fourth-order valence-corrected chi connectivity index (χ4v) is 5.60. The number of rotatable bonds is 4. The van der Waals surface area contributed by atoms with Gasteiger partial charge in [0.25, 0.3) is 5.91 Å². The molecule has 2 heterocycles. The minimum absolute atomic E-state index is 0.0508. The fraction of sp³-hybridized carbons (Fsp3) is 0.500. The second-order valence-electron chi connectivity index (χ2n) is 7.94. The summed E-state index contributed by atoms with van der Waals surface area (Å²) in [6, 6.07) is 7.75. The number of aromatic nitrogens is 1. The molecule has 1 aromatic heterocycles. The molecule has 1 saturated carbocycles. The summed E-state index contributed by atoms with van der Waals surface area (Å²) in [5.41, 5.74) is 1.07. The van der Waals surface area contributed by atoms with Crippen LogP contribution in [0.15, 0.2) is 35.8 Å². The average molecular weight is 398 g/mol. The molecule has 2 amide bonds. The zero-order valence-corrected chi connectivity index (χ0v) is 17.3. The molecular weight excluding hydrogens is 370 g/mol. The number of hydrogen-bond donors (Lipinski definition) is 1. The first kappa shape index (κ1) is 19.1. The Hall–Kier alpha value is -2.21. The maximum Gasteiger partial charge on any atom is 0.254 e. The summed E-state index contributed by atoms with van der Waals surface area (Å²) in [6.45, 7) is 4.22. The van der Waals surface area contributed by atoms with E-state index in [1.165, 1.54) is 11.3 Å². The van der Waals surface area contributed by atoms with Crippen molar-refractivity contribution >= 4 is 28.3 Å². The Kier molecular flexibility index (Phi) is 5.23. The fourth-order valence-electron chi connectivity index (χ4n) is 5.07. The van der Waals surface area contributed by atoms with Gasteiger partial charge in [0.15, 0.2) is 5.13 Å². The molecule has 0 unspecified atom stereocenters. The van der Waals surface area contributed by atoms with Gasteiger partial charge < -0.3 is 10.2 Å². The zero-order chi connectivity index (χ0) is 19.7. The van der Waals surface area contributed by atoms with Gasteiger partial charge in [0.2, 0.25) is 5.91 Å². The molecule has 1 fully saturated rings. The van der Waals surface area contributed by atoms with Crippen LogP contribution in [0, 0.1) is 0 Å². The van der Waals surface area contributed by atoms with Crippen LogP contribution in [0.4, 0.5) is 5.13 Å². The minimum atomic E-state index is -0.458. The quantitative estimate of drug-likeness (QED) is 0.804. The predicted molar refractivity (Wildman–Crippen MR) is 112 cm³/mol. The molecule has 0 bridgehead atoms. The van der Waals surface area contributed by atoms with Crippen molar-refractivity contribution in [2.75, 3.05) is 5.32 Å². The molecule has 1 N–H and O–H groups in total. The van der Waals surface area contributed by atoms with Crippen molar-refractivity contribution in [3.8, 4) is 0 Å². The SMILES string of the molecule is CC[C@@H](C)N1C(=O)c2ccccc2[C@@H](C(=O)Nc2nccs2)C12CCCCC2. The molecule has 1 aromatic carbocycles. The van der Waals surface area contributed by atoms with Crippen LogP contribution in [0.5, 0.6) is 0 Å². The van der Waals surface area contributed by atoms with Crippen molar-refractivity contribution in [3.63, 3.8) is 0 Å². The Morgan fingerprint density at radius 1 is 1.32 bits per heavy atom. The molecule has 28 heavy (non-hydrogen) atoms. The number of fused-ring (bicyclic) bond motifs is 1. The Morgan fingerprint density at radius 3 is 2.75 bits per heavy atom. The summed E-state index contributed by atoms with van der Waals surface area (Å²) in [5, 5.41) is 5.50. The van der Waals surface area contributed by atoms with Crippen LogP contribution in [-0.2, 0) is 4.79 Å². The monoisotopic (exact) mass is 397 g/mol. The first-order chi connectivity index (χ1) is 13.6. The number of carbonyl (C=O) groups is 2. The molecule has 4 rings (SSSR count). The standard InChI is InChI=1S/C22H27N3O2S/c1-3-15(2)25-20(27)17-10-6-5-9-16(17)18(22(25)11-7-4-8-12-22)19(26)24-21-23-13-14-28-21/h5-6,9-10,13-15,18H,3-4,7-8,11-12H2,1-2H3,(H,23,24,26)/t15-,18+/m1/s1. The van der Waals surface area contributed by atoms with Crippen LogP contribution < -0.4 is 5.32 Å². The highest BCUT2D eigenvalue weighted by Crippen LogP contribution is 2.50. The molecule has 1 spiro atoms. The second kappa shape index (κ2) is 7.66. The van der Waals surface area contributed by atoms with E-state index in [-0.39, 0.29) is 23.8 Å². The van der Waals surface area contributed by atoms with Crippen molar-refractivity contribution in [2.24, 2.45) is 0 Å². The van der Waals surface area contributed by atoms with Crippen molar-refractivity contribution in [1.82, 2.24) is 9.88 Å². The molecule has 2 atom stereocenters. The number of anilines is 1. The first-order valence-corrected chi connectivity index (χ1v) is 11.1. The summed E-state index contributed by atoms with van der Waals surface area (Å²) < 4.78 is 0. The Morgan fingerprint density at radius 2 is 2.07 bits per heavy atom. The Bertz CT molecular complexity index is 858. The van der Waals surface area contributed by atoms with Crippen LogP contribution >= 0.6 is 11.3 Å². The van der Waals surface area contributed by atoms with Gasteiger partial charge in [0.1, 0.15) is 0 Å². The van der Waals surface area contributed by atoms with Crippen LogP contribution in [0.2, 0.25) is 0 Å². The lowest BCUT2D eigenvalue weighted by molar-refractivity contribution is -0.122. The summed E-state index contributed by atoms with van der Waals surface area (Å²) >= 11 is 1.42. The lowest BCUT2D eigenvalue weighted by atomic mass is 9.64. The van der Waals surface area contributed by atoms with Crippen molar-refractivity contribution in [2.45, 2.75) is 69.9 Å². The Labute approximate surface area is 170 Å². The van der Waals surface area contributed by atoms with Gasteiger partial charge in [-0.15, -0.1) is 11.3 Å². The van der Waals surface area contributed by atoms with Gasteiger partial charge in [-0.05, 0) is 37.8 Å². The minimum Gasteiger partial charge on any atom is -0.329 e. The van der Waals surface area contributed by atoms with E-state index in [9.17, 15) is 9.59 Å². The first-order valence-electron chi connectivity index (χ1n) is 10.2. The van der Waals surface area contributed by atoms with E-state index in [2.05, 4.69) is 29.0 Å². The van der Waals surface area contributed by atoms with Gasteiger partial charge >= 0.3 is 0 Å². The number of carbonyl (C=O) groups excluding carboxylic acids is 2. The van der Waals surface area contributed by atoms with E-state index < -0.39 is 5.54 Å². The van der Waals surface area contributed by atoms with Crippen molar-refractivity contribution in [3.05, 3.63) is 47.0 Å². The van der Waals surface area contributed by atoms with Gasteiger partial charge in [-0.25, -0.2) is 4.98 Å². The molecule has 0 radical (unpaired) electrons. The van der Waals surface area contributed by atoms with Crippen LogP contribution in [-0.4, -0.2) is 33.3 Å². The van der Waals surface area contributed by atoms with Gasteiger partial charge in [-0.2, -0.15) is 0 Å². The third-order valence-corrected chi connectivity index (χ3v) is 7.10. The summed E-state index contributed by atoms with van der Waals surface area (Å²) in [4.78, 5) is 33.4. The van der Waals surface area contributed by atoms with Crippen LogP contribution in [0.3, 0.4) is 0 Å². The lowest BCUT2D eigenvalue weighted by Crippen LogP contribution is -2.64. The maximum absolute atomic E-state index is 13.6. The molecule has 148 valence electrons. The van der Waals surface area contributed by atoms with E-state index in [0.29, 0.717) is 10.7 Å². The molecule has 6 heteroatoms. The molecule has 5 nitrogen and oxygen atoms in total. The highest BCUT2D eigenvalue weighted by atomic mass is 32.1. The van der Waals surface area contributed by atoms with Crippen LogP contribution in [0.25, 0.3) is 0 Å². The molecular formula is C22H27N3O2S. The highest BCUT2D eigenvalue weighted by Gasteiger charge is 2.55. The molecule has 2 aliphatic rings. The van der Waals surface area contributed by atoms with Gasteiger partial charge in [-0.1, -0.05) is 44.4 Å².